The average Bonchev–Trinajstić information content (AvgIpc) is 2.89. The number of hydrogen-bond acceptors (Lipinski definition) is 10. The van der Waals surface area contributed by atoms with Crippen molar-refractivity contribution in [1.82, 2.24) is 19.9 Å². The maximum Gasteiger partial charge on any atom is 0.227 e. The molecule has 210 valence electrons. The van der Waals surface area contributed by atoms with Gasteiger partial charge in [-0.3, -0.25) is 4.98 Å². The predicted molar refractivity (Wildman–Crippen MR) is 165 cm³/mol. The van der Waals surface area contributed by atoms with Gasteiger partial charge in [-0.2, -0.15) is 4.98 Å². The Morgan fingerprint density at radius 2 is 1.83 bits per heavy atom. The molecule has 0 bridgehead atoms. The van der Waals surface area contributed by atoms with Crippen molar-refractivity contribution in [3.8, 4) is 0 Å². The van der Waals surface area contributed by atoms with Gasteiger partial charge >= 0.3 is 0 Å². The van der Waals surface area contributed by atoms with Crippen LogP contribution in [0.5, 0.6) is 0 Å². The summed E-state index contributed by atoms with van der Waals surface area (Å²) in [5.41, 5.74) is 1.94. The standard InChI is InChI=1S/C27H34B3N7O3S/c1-16(2)25-20-11-24(32-12-21(20)22(13-33-25)37-14-18(17(37)3)15-41(4,38)39)34-23-5-8-31-26(35-23)36-9-6-19(7-10-36)40-27(28,29)30/h5,8,11-13,16-19H,6-7,9-10,14-15H2,1-4H3,(H,31,32,34,35)/t17-,18-/m1/s1. The Labute approximate surface area is 246 Å². The molecule has 0 unspecified atom stereocenters. The van der Waals surface area contributed by atoms with Crippen LogP contribution in [0.3, 0.4) is 0 Å². The Morgan fingerprint density at radius 3 is 2.46 bits per heavy atom. The van der Waals surface area contributed by atoms with E-state index in [9.17, 15) is 8.42 Å². The van der Waals surface area contributed by atoms with E-state index in [4.69, 9.17) is 43.2 Å². The molecule has 2 aliphatic heterocycles. The molecule has 14 heteroatoms. The molecule has 6 radical (unpaired) electrons. The fraction of sp³-hybridized carbons (Fsp3) is 0.556. The lowest BCUT2D eigenvalue weighted by atomic mass is 9.52. The van der Waals surface area contributed by atoms with Crippen molar-refractivity contribution in [2.75, 3.05) is 46.8 Å². The molecule has 5 rings (SSSR count). The van der Waals surface area contributed by atoms with Crippen LogP contribution in [0.1, 0.15) is 45.2 Å². The van der Waals surface area contributed by atoms with Crippen molar-refractivity contribution in [2.45, 2.75) is 57.0 Å². The number of pyridine rings is 2. The molecular formula is C27H34B3N7O3S. The molecule has 5 heterocycles. The van der Waals surface area contributed by atoms with Crippen LogP contribution < -0.4 is 15.1 Å². The molecule has 2 fully saturated rings. The highest BCUT2D eigenvalue weighted by Crippen LogP contribution is 2.38. The van der Waals surface area contributed by atoms with Gasteiger partial charge in [0.1, 0.15) is 21.5 Å². The van der Waals surface area contributed by atoms with Gasteiger partial charge in [-0.1, -0.05) is 13.8 Å². The third kappa shape index (κ3) is 6.97. The summed E-state index contributed by atoms with van der Waals surface area (Å²) in [5.74, 6) is 2.37. The molecule has 0 aromatic carbocycles. The Morgan fingerprint density at radius 1 is 1.10 bits per heavy atom. The van der Waals surface area contributed by atoms with Crippen LogP contribution in [-0.4, -0.2) is 101 Å². The minimum atomic E-state index is -3.03. The molecule has 0 aliphatic carbocycles. The van der Waals surface area contributed by atoms with Crippen molar-refractivity contribution in [1.29, 1.82) is 0 Å². The van der Waals surface area contributed by atoms with Gasteiger partial charge in [-0.05, 0) is 43.1 Å². The molecule has 1 N–H and O–H groups in total. The summed E-state index contributed by atoms with van der Waals surface area (Å²) in [5, 5.41) is 3.68. The molecule has 2 aliphatic rings. The second-order valence-corrected chi connectivity index (χ2v) is 13.8. The summed E-state index contributed by atoms with van der Waals surface area (Å²) in [6.07, 6.45) is 8.05. The van der Waals surface area contributed by atoms with E-state index in [1.807, 2.05) is 18.5 Å². The predicted octanol–water partition coefficient (Wildman–Crippen LogP) is 2.26. The van der Waals surface area contributed by atoms with Crippen LogP contribution in [0, 0.1) is 5.92 Å². The first-order chi connectivity index (χ1) is 19.3. The van der Waals surface area contributed by atoms with Crippen molar-refractivity contribution in [3.05, 3.63) is 36.4 Å². The van der Waals surface area contributed by atoms with E-state index in [0.29, 0.717) is 50.1 Å². The lowest BCUT2D eigenvalue weighted by Gasteiger charge is -2.48. The van der Waals surface area contributed by atoms with Gasteiger partial charge in [0.25, 0.3) is 0 Å². The number of anilines is 4. The Kier molecular flexibility index (Phi) is 8.26. The zero-order chi connectivity index (χ0) is 29.5. The van der Waals surface area contributed by atoms with Crippen LogP contribution >= 0.6 is 0 Å². The molecule has 0 amide bonds. The molecule has 41 heavy (non-hydrogen) atoms. The van der Waals surface area contributed by atoms with Gasteiger partial charge in [0, 0.05) is 61.0 Å². The van der Waals surface area contributed by atoms with Gasteiger partial charge < -0.3 is 19.9 Å². The van der Waals surface area contributed by atoms with Crippen LogP contribution in [0.15, 0.2) is 30.7 Å². The lowest BCUT2D eigenvalue weighted by Crippen LogP contribution is -2.57. The molecule has 3 aromatic rings. The fourth-order valence-electron chi connectivity index (χ4n) is 5.65. The highest BCUT2D eigenvalue weighted by Gasteiger charge is 2.38. The van der Waals surface area contributed by atoms with E-state index >= 15 is 0 Å². The maximum atomic E-state index is 11.8. The largest absolute Gasteiger partial charge is 0.400 e. The second-order valence-electron chi connectivity index (χ2n) is 11.6. The zero-order valence-corrected chi connectivity index (χ0v) is 24.8. The molecule has 0 saturated carbocycles. The van der Waals surface area contributed by atoms with Gasteiger partial charge in [0.05, 0.1) is 53.0 Å². The first-order valence-corrected chi connectivity index (χ1v) is 16.0. The van der Waals surface area contributed by atoms with Gasteiger partial charge in [-0.15, -0.1) is 0 Å². The highest BCUT2D eigenvalue weighted by atomic mass is 32.2. The minimum Gasteiger partial charge on any atom is -0.400 e. The first kappa shape index (κ1) is 29.6. The summed E-state index contributed by atoms with van der Waals surface area (Å²) in [4.78, 5) is 23.0. The van der Waals surface area contributed by atoms with Crippen LogP contribution in [0.4, 0.5) is 23.3 Å². The number of piperidine rings is 1. The minimum absolute atomic E-state index is 0.0944. The smallest absolute Gasteiger partial charge is 0.227 e. The number of rotatable bonds is 9. The van der Waals surface area contributed by atoms with Gasteiger partial charge in [-0.25, -0.2) is 18.4 Å². The van der Waals surface area contributed by atoms with Crippen LogP contribution in [0.2, 0.25) is 0 Å². The Bertz CT molecular complexity index is 1510. The summed E-state index contributed by atoms with van der Waals surface area (Å²) < 4.78 is 29.2. The number of nitrogens with one attached hydrogen (secondary N) is 1. The van der Waals surface area contributed by atoms with E-state index in [2.05, 4.69) is 40.9 Å². The molecular weight excluding hydrogens is 535 g/mol. The first-order valence-electron chi connectivity index (χ1n) is 13.9. The molecule has 2 atom stereocenters. The van der Waals surface area contributed by atoms with Crippen LogP contribution in [0.25, 0.3) is 10.8 Å². The molecule has 2 saturated heterocycles. The van der Waals surface area contributed by atoms with Crippen molar-refractivity contribution >= 4 is 67.4 Å². The fourth-order valence-corrected chi connectivity index (χ4v) is 6.81. The van der Waals surface area contributed by atoms with E-state index in [-0.39, 0.29) is 29.7 Å². The highest BCUT2D eigenvalue weighted by molar-refractivity contribution is 7.90. The van der Waals surface area contributed by atoms with E-state index in [0.717, 1.165) is 22.2 Å². The number of ether oxygens (including phenoxy) is 1. The Balaban J connectivity index is 1.34. The quantitative estimate of drug-likeness (QED) is 0.386. The van der Waals surface area contributed by atoms with E-state index in [1.54, 1.807) is 12.3 Å². The third-order valence-electron chi connectivity index (χ3n) is 7.75. The topological polar surface area (TPSA) is 113 Å². The third-order valence-corrected chi connectivity index (χ3v) is 8.79. The van der Waals surface area contributed by atoms with Gasteiger partial charge in [0.2, 0.25) is 5.95 Å². The van der Waals surface area contributed by atoms with Crippen LogP contribution in [-0.2, 0) is 14.6 Å². The SMILES string of the molecule is [B]C([B])([B])OC1CCN(c2nccc(Nc3cc4c(C(C)C)ncc(N5C[C@H](CS(C)(=O)=O)[C@H]5C)c4cn3)n2)CC1. The van der Waals surface area contributed by atoms with Crippen molar-refractivity contribution < 1.29 is 13.2 Å². The maximum absolute atomic E-state index is 11.8. The summed E-state index contributed by atoms with van der Waals surface area (Å²) in [7, 11) is 13.7. The normalized spacial score (nSPS) is 20.4. The summed E-state index contributed by atoms with van der Waals surface area (Å²) >= 11 is 0. The number of aromatic nitrogens is 4. The van der Waals surface area contributed by atoms with Crippen molar-refractivity contribution in [2.24, 2.45) is 5.92 Å². The summed E-state index contributed by atoms with van der Waals surface area (Å²) in [6.45, 7) is 8.33. The molecule has 0 spiro atoms. The molecule has 10 nitrogen and oxygen atoms in total. The number of fused-ring (bicyclic) bond motifs is 1. The number of sulfone groups is 1. The summed E-state index contributed by atoms with van der Waals surface area (Å²) in [6, 6.07) is 3.90. The monoisotopic (exact) mass is 569 g/mol. The average molecular weight is 569 g/mol. The van der Waals surface area contributed by atoms with Gasteiger partial charge in [0.15, 0.2) is 0 Å². The molecule has 3 aromatic heterocycles. The van der Waals surface area contributed by atoms with E-state index < -0.39 is 15.1 Å². The zero-order valence-electron chi connectivity index (χ0n) is 24.0. The Hall–Kier alpha value is -2.86. The number of nitrogens with zero attached hydrogens (tertiary/aromatic N) is 6. The number of hydrogen-bond donors (Lipinski definition) is 1. The second kappa shape index (κ2) is 11.4. The van der Waals surface area contributed by atoms with E-state index in [1.165, 1.54) is 6.26 Å². The lowest BCUT2D eigenvalue weighted by molar-refractivity contribution is 0.0305. The van der Waals surface area contributed by atoms with Crippen molar-refractivity contribution in [3.63, 3.8) is 0 Å².